The first kappa shape index (κ1) is 13.2. The van der Waals surface area contributed by atoms with Crippen LogP contribution in [0.5, 0.6) is 0 Å². The summed E-state index contributed by atoms with van der Waals surface area (Å²) in [6.45, 7) is 1.19. The third kappa shape index (κ3) is 2.33. The molecule has 0 bridgehead atoms. The van der Waals surface area contributed by atoms with E-state index in [1.165, 1.54) is 23.5 Å². The van der Waals surface area contributed by atoms with Crippen molar-refractivity contribution in [1.29, 1.82) is 5.26 Å². The van der Waals surface area contributed by atoms with Gasteiger partial charge in [-0.25, -0.2) is 9.37 Å². The molecule has 0 amide bonds. The van der Waals surface area contributed by atoms with Gasteiger partial charge in [0.25, 0.3) is 0 Å². The Labute approximate surface area is 120 Å². The number of hydrogen-bond acceptors (Lipinski definition) is 4. The monoisotopic (exact) mass is 288 g/mol. The number of nitrogens with zero attached hydrogens (tertiary/aromatic N) is 2. The highest BCUT2D eigenvalue weighted by molar-refractivity contribution is 7.10. The van der Waals surface area contributed by atoms with Crippen LogP contribution in [0.1, 0.15) is 17.8 Å². The molecule has 1 aliphatic heterocycles. The molecule has 1 aromatic heterocycles. The number of benzene rings is 1. The Morgan fingerprint density at radius 1 is 1.25 bits per heavy atom. The zero-order valence-electron chi connectivity index (χ0n) is 10.8. The van der Waals surface area contributed by atoms with Crippen LogP contribution in [0.4, 0.5) is 4.39 Å². The Kier molecular flexibility index (Phi) is 3.51. The van der Waals surface area contributed by atoms with Gasteiger partial charge in [-0.3, -0.25) is 0 Å². The second-order valence-electron chi connectivity index (χ2n) is 4.85. The number of nitriles is 1. The first-order chi connectivity index (χ1) is 9.73. The van der Waals surface area contributed by atoms with Crippen molar-refractivity contribution in [3.8, 4) is 17.3 Å². The summed E-state index contributed by atoms with van der Waals surface area (Å²) < 4.78 is 18.3. The van der Waals surface area contributed by atoms with E-state index >= 15 is 0 Å². The average molecular weight is 288 g/mol. The van der Waals surface area contributed by atoms with Crippen molar-refractivity contribution in [3.63, 3.8) is 0 Å². The zero-order valence-corrected chi connectivity index (χ0v) is 11.6. The number of thiazole rings is 1. The number of ether oxygens (including phenoxy) is 1. The Morgan fingerprint density at radius 3 is 2.60 bits per heavy atom. The van der Waals surface area contributed by atoms with Crippen molar-refractivity contribution in [1.82, 2.24) is 4.98 Å². The van der Waals surface area contributed by atoms with Gasteiger partial charge in [0.05, 0.1) is 11.8 Å². The summed E-state index contributed by atoms with van der Waals surface area (Å²) in [6.07, 6.45) is 1.36. The molecule has 1 aromatic carbocycles. The quantitative estimate of drug-likeness (QED) is 0.849. The van der Waals surface area contributed by atoms with E-state index in [0.717, 1.165) is 16.3 Å². The second-order valence-corrected chi connectivity index (χ2v) is 5.71. The normalized spacial score (nSPS) is 17.6. The fourth-order valence-corrected chi connectivity index (χ4v) is 3.38. The van der Waals surface area contributed by atoms with Gasteiger partial charge in [-0.15, -0.1) is 11.3 Å². The minimum Gasteiger partial charge on any atom is -0.381 e. The number of rotatable bonds is 2. The lowest BCUT2D eigenvalue weighted by molar-refractivity contribution is 0.0675. The third-order valence-electron chi connectivity index (χ3n) is 3.61. The highest BCUT2D eigenvalue weighted by Gasteiger charge is 2.37. The molecule has 2 aromatic rings. The number of hydrogen-bond donors (Lipinski definition) is 0. The zero-order chi connectivity index (χ0) is 14.0. The SMILES string of the molecule is N#CC1(c2nc(-c3ccc(F)cc3)cs2)CCOCC1. The van der Waals surface area contributed by atoms with Gasteiger partial charge in [0, 0.05) is 24.2 Å². The van der Waals surface area contributed by atoms with Crippen LogP contribution in [0.2, 0.25) is 0 Å². The first-order valence-corrected chi connectivity index (χ1v) is 7.32. The van der Waals surface area contributed by atoms with E-state index in [2.05, 4.69) is 11.1 Å². The Hall–Kier alpha value is -1.77. The highest BCUT2D eigenvalue weighted by Crippen LogP contribution is 2.37. The molecule has 0 aliphatic carbocycles. The molecule has 0 saturated carbocycles. The summed E-state index contributed by atoms with van der Waals surface area (Å²) in [5.41, 5.74) is 1.14. The summed E-state index contributed by atoms with van der Waals surface area (Å²) in [6, 6.07) is 8.67. The maximum absolute atomic E-state index is 12.9. The van der Waals surface area contributed by atoms with Crippen molar-refractivity contribution in [2.24, 2.45) is 0 Å². The van der Waals surface area contributed by atoms with Crippen LogP contribution >= 0.6 is 11.3 Å². The van der Waals surface area contributed by atoms with Gasteiger partial charge in [0.15, 0.2) is 0 Å². The molecule has 3 rings (SSSR count). The lowest BCUT2D eigenvalue weighted by Gasteiger charge is -2.28. The van der Waals surface area contributed by atoms with Crippen LogP contribution in [-0.2, 0) is 10.2 Å². The summed E-state index contributed by atoms with van der Waals surface area (Å²) >= 11 is 1.50. The largest absolute Gasteiger partial charge is 0.381 e. The van der Waals surface area contributed by atoms with Crippen molar-refractivity contribution < 1.29 is 9.13 Å². The third-order valence-corrected chi connectivity index (χ3v) is 4.66. The number of aromatic nitrogens is 1. The van der Waals surface area contributed by atoms with Crippen molar-refractivity contribution in [2.45, 2.75) is 18.3 Å². The lowest BCUT2D eigenvalue weighted by atomic mass is 9.82. The topological polar surface area (TPSA) is 45.9 Å². The van der Waals surface area contributed by atoms with Gasteiger partial charge in [0.1, 0.15) is 16.2 Å². The predicted octanol–water partition coefficient (Wildman–Crippen LogP) is 3.52. The van der Waals surface area contributed by atoms with Crippen molar-refractivity contribution >= 4 is 11.3 Å². The van der Waals surface area contributed by atoms with Crippen LogP contribution in [-0.4, -0.2) is 18.2 Å². The highest BCUT2D eigenvalue weighted by atomic mass is 32.1. The summed E-state index contributed by atoms with van der Waals surface area (Å²) in [4.78, 5) is 4.59. The summed E-state index contributed by atoms with van der Waals surface area (Å²) in [5.74, 6) is -0.262. The van der Waals surface area contributed by atoms with E-state index in [-0.39, 0.29) is 5.82 Å². The molecule has 1 aliphatic rings. The number of halogens is 1. The molecule has 20 heavy (non-hydrogen) atoms. The lowest BCUT2D eigenvalue weighted by Crippen LogP contribution is -2.32. The van der Waals surface area contributed by atoms with Gasteiger partial charge in [-0.1, -0.05) is 0 Å². The van der Waals surface area contributed by atoms with Crippen LogP contribution in [0.3, 0.4) is 0 Å². The second kappa shape index (κ2) is 5.31. The van der Waals surface area contributed by atoms with Crippen LogP contribution in [0.25, 0.3) is 11.3 Å². The van der Waals surface area contributed by atoms with Crippen LogP contribution < -0.4 is 0 Å². The van der Waals surface area contributed by atoms with E-state index in [1.54, 1.807) is 12.1 Å². The standard InChI is InChI=1S/C15H13FN2OS/c16-12-3-1-11(2-4-12)13-9-20-14(18-13)15(10-17)5-7-19-8-6-15/h1-4,9H,5-8H2. The van der Waals surface area contributed by atoms with E-state index in [9.17, 15) is 9.65 Å². The molecule has 0 atom stereocenters. The van der Waals surface area contributed by atoms with Gasteiger partial charge >= 0.3 is 0 Å². The maximum Gasteiger partial charge on any atom is 0.123 e. The van der Waals surface area contributed by atoms with Gasteiger partial charge < -0.3 is 4.74 Å². The minimum atomic E-state index is -0.527. The van der Waals surface area contributed by atoms with Crippen molar-refractivity contribution in [3.05, 3.63) is 40.5 Å². The molecule has 1 fully saturated rings. The Bertz CT molecular complexity index is 639. The molecular formula is C15H13FN2OS. The van der Waals surface area contributed by atoms with E-state index < -0.39 is 5.41 Å². The van der Waals surface area contributed by atoms with Crippen LogP contribution in [0, 0.1) is 17.1 Å². The molecule has 0 spiro atoms. The Morgan fingerprint density at radius 2 is 1.95 bits per heavy atom. The first-order valence-electron chi connectivity index (χ1n) is 6.44. The smallest absolute Gasteiger partial charge is 0.123 e. The molecular weight excluding hydrogens is 275 g/mol. The molecule has 0 unspecified atom stereocenters. The molecule has 102 valence electrons. The molecule has 5 heteroatoms. The molecule has 0 N–H and O–H groups in total. The average Bonchev–Trinajstić information content (AvgIpc) is 2.99. The molecule has 1 saturated heterocycles. The van der Waals surface area contributed by atoms with Gasteiger partial charge in [0.2, 0.25) is 0 Å². The maximum atomic E-state index is 12.9. The van der Waals surface area contributed by atoms with E-state index in [0.29, 0.717) is 26.1 Å². The fraction of sp³-hybridized carbons (Fsp3) is 0.333. The van der Waals surface area contributed by atoms with Crippen LogP contribution in [0.15, 0.2) is 29.6 Å². The fourth-order valence-electron chi connectivity index (χ4n) is 2.34. The molecule has 3 nitrogen and oxygen atoms in total. The predicted molar refractivity (Wildman–Crippen MR) is 74.9 cm³/mol. The van der Waals surface area contributed by atoms with Crippen molar-refractivity contribution in [2.75, 3.05) is 13.2 Å². The summed E-state index contributed by atoms with van der Waals surface area (Å²) in [5, 5.41) is 12.3. The van der Waals surface area contributed by atoms with Gasteiger partial charge in [-0.2, -0.15) is 5.26 Å². The molecule has 2 heterocycles. The van der Waals surface area contributed by atoms with E-state index in [4.69, 9.17) is 4.74 Å². The minimum absolute atomic E-state index is 0.262. The van der Waals surface area contributed by atoms with Gasteiger partial charge in [-0.05, 0) is 37.1 Å². The summed E-state index contributed by atoms with van der Waals surface area (Å²) in [7, 11) is 0. The Balaban J connectivity index is 1.93. The molecule has 0 radical (unpaired) electrons. The van der Waals surface area contributed by atoms with E-state index in [1.807, 2.05) is 5.38 Å².